The number of piperidine rings is 1. The molecule has 2 N–H and O–H groups in total. The lowest BCUT2D eigenvalue weighted by atomic mass is 9.97. The molecule has 2 heterocycles. The second-order valence-corrected chi connectivity index (χ2v) is 6.03. The van der Waals surface area contributed by atoms with E-state index in [-0.39, 0.29) is 36.1 Å². The van der Waals surface area contributed by atoms with Crippen LogP contribution in [0.1, 0.15) is 29.2 Å². The molecule has 0 aromatic carbocycles. The molecule has 0 saturated carbocycles. The van der Waals surface area contributed by atoms with Crippen molar-refractivity contribution in [3.8, 4) is 0 Å². The number of hydrogen-bond acceptors (Lipinski definition) is 4. The molecule has 0 bridgehead atoms. The minimum atomic E-state index is -0.308. The van der Waals surface area contributed by atoms with E-state index in [2.05, 4.69) is 10.6 Å². The standard InChI is InChI=1S/C16H24N4O4/c1-17-15(22)13-7-6-12(24-13)9-18-14(21)11-5-4-8-20(10-11)16(23)19(2)3/h6-7,11H,4-5,8-10H2,1-3H3,(H,17,22)(H,18,21). The summed E-state index contributed by atoms with van der Waals surface area (Å²) < 4.78 is 5.37. The third kappa shape index (κ3) is 4.27. The summed E-state index contributed by atoms with van der Waals surface area (Å²) in [6.45, 7) is 1.31. The molecule has 1 aliphatic rings. The van der Waals surface area contributed by atoms with E-state index in [0.29, 0.717) is 18.8 Å². The predicted octanol–water partition coefficient (Wildman–Crippen LogP) is 0.649. The minimum Gasteiger partial charge on any atom is -0.454 e. The molecule has 1 fully saturated rings. The lowest BCUT2D eigenvalue weighted by Gasteiger charge is -2.33. The van der Waals surface area contributed by atoms with Crippen molar-refractivity contribution in [1.82, 2.24) is 20.4 Å². The van der Waals surface area contributed by atoms with Crippen LogP contribution in [-0.2, 0) is 11.3 Å². The Balaban J connectivity index is 1.87. The van der Waals surface area contributed by atoms with Crippen LogP contribution in [0, 0.1) is 5.92 Å². The molecule has 1 aromatic rings. The molecule has 1 atom stereocenters. The fourth-order valence-corrected chi connectivity index (χ4v) is 2.68. The highest BCUT2D eigenvalue weighted by atomic mass is 16.4. The minimum absolute atomic E-state index is 0.0752. The van der Waals surface area contributed by atoms with Crippen LogP contribution in [0.3, 0.4) is 0 Å². The van der Waals surface area contributed by atoms with Crippen LogP contribution in [0.4, 0.5) is 4.79 Å². The van der Waals surface area contributed by atoms with Crippen LogP contribution >= 0.6 is 0 Å². The Bertz CT molecular complexity index is 611. The summed E-state index contributed by atoms with van der Waals surface area (Å²) in [5, 5.41) is 5.29. The largest absolute Gasteiger partial charge is 0.454 e. The quantitative estimate of drug-likeness (QED) is 0.844. The Morgan fingerprint density at radius 3 is 2.75 bits per heavy atom. The molecule has 24 heavy (non-hydrogen) atoms. The van der Waals surface area contributed by atoms with E-state index < -0.39 is 0 Å². The van der Waals surface area contributed by atoms with Gasteiger partial charge in [0.25, 0.3) is 5.91 Å². The number of nitrogens with zero attached hydrogens (tertiary/aromatic N) is 2. The van der Waals surface area contributed by atoms with E-state index in [4.69, 9.17) is 4.42 Å². The molecule has 0 aliphatic carbocycles. The van der Waals surface area contributed by atoms with Crippen LogP contribution in [0.5, 0.6) is 0 Å². The van der Waals surface area contributed by atoms with Gasteiger partial charge >= 0.3 is 6.03 Å². The summed E-state index contributed by atoms with van der Waals surface area (Å²) in [5.41, 5.74) is 0. The Morgan fingerprint density at radius 2 is 2.08 bits per heavy atom. The third-order valence-electron chi connectivity index (χ3n) is 3.99. The van der Waals surface area contributed by atoms with Gasteiger partial charge in [-0.2, -0.15) is 0 Å². The van der Waals surface area contributed by atoms with E-state index in [0.717, 1.165) is 12.8 Å². The summed E-state index contributed by atoms with van der Waals surface area (Å²) >= 11 is 0. The first-order valence-electron chi connectivity index (χ1n) is 7.97. The maximum absolute atomic E-state index is 12.3. The molecule has 2 rings (SSSR count). The summed E-state index contributed by atoms with van der Waals surface area (Å²) in [7, 11) is 4.93. The Kier molecular flexibility index (Phi) is 5.83. The van der Waals surface area contributed by atoms with Crippen molar-refractivity contribution < 1.29 is 18.8 Å². The van der Waals surface area contributed by atoms with Crippen LogP contribution < -0.4 is 10.6 Å². The van der Waals surface area contributed by atoms with Crippen molar-refractivity contribution in [2.45, 2.75) is 19.4 Å². The maximum Gasteiger partial charge on any atom is 0.319 e. The Labute approximate surface area is 141 Å². The number of furan rings is 1. The molecule has 0 radical (unpaired) electrons. The second kappa shape index (κ2) is 7.85. The van der Waals surface area contributed by atoms with Gasteiger partial charge in [-0.25, -0.2) is 4.79 Å². The van der Waals surface area contributed by atoms with Gasteiger partial charge in [0.1, 0.15) is 5.76 Å². The van der Waals surface area contributed by atoms with Gasteiger partial charge < -0.3 is 24.9 Å². The van der Waals surface area contributed by atoms with Crippen LogP contribution in [0.15, 0.2) is 16.5 Å². The second-order valence-electron chi connectivity index (χ2n) is 6.03. The average molecular weight is 336 g/mol. The van der Waals surface area contributed by atoms with Gasteiger partial charge in [-0.15, -0.1) is 0 Å². The molecule has 1 saturated heterocycles. The molecule has 0 spiro atoms. The van der Waals surface area contributed by atoms with Crippen molar-refractivity contribution >= 4 is 17.8 Å². The van der Waals surface area contributed by atoms with Crippen molar-refractivity contribution in [2.75, 3.05) is 34.2 Å². The van der Waals surface area contributed by atoms with Gasteiger partial charge in [0, 0.05) is 34.2 Å². The molecular formula is C16H24N4O4. The number of carbonyl (C=O) groups excluding carboxylic acids is 3. The highest BCUT2D eigenvalue weighted by molar-refractivity contribution is 5.91. The van der Waals surface area contributed by atoms with Crippen molar-refractivity contribution in [3.05, 3.63) is 23.7 Å². The van der Waals surface area contributed by atoms with Gasteiger partial charge in [-0.3, -0.25) is 9.59 Å². The number of urea groups is 1. The number of nitrogens with one attached hydrogen (secondary N) is 2. The molecule has 4 amide bonds. The molecule has 1 aliphatic heterocycles. The Hall–Kier alpha value is -2.51. The van der Waals surface area contributed by atoms with Gasteiger partial charge in [0.15, 0.2) is 5.76 Å². The topological polar surface area (TPSA) is 94.9 Å². The first-order chi connectivity index (χ1) is 11.4. The first kappa shape index (κ1) is 17.8. The number of amides is 4. The zero-order valence-electron chi connectivity index (χ0n) is 14.3. The van der Waals surface area contributed by atoms with Gasteiger partial charge in [0.2, 0.25) is 5.91 Å². The van der Waals surface area contributed by atoms with Gasteiger partial charge in [-0.05, 0) is 25.0 Å². The molecule has 8 nitrogen and oxygen atoms in total. The fraction of sp³-hybridized carbons (Fsp3) is 0.562. The Morgan fingerprint density at radius 1 is 1.33 bits per heavy atom. The summed E-state index contributed by atoms with van der Waals surface area (Å²) in [6, 6.07) is 3.15. The van der Waals surface area contributed by atoms with Crippen LogP contribution in [0.25, 0.3) is 0 Å². The summed E-state index contributed by atoms with van der Waals surface area (Å²) in [4.78, 5) is 39.0. The van der Waals surface area contributed by atoms with E-state index in [9.17, 15) is 14.4 Å². The molecule has 1 aromatic heterocycles. The van der Waals surface area contributed by atoms with E-state index in [1.54, 1.807) is 31.1 Å². The maximum atomic E-state index is 12.3. The number of rotatable bonds is 4. The monoisotopic (exact) mass is 336 g/mol. The van der Waals surface area contributed by atoms with Crippen LogP contribution in [0.2, 0.25) is 0 Å². The zero-order chi connectivity index (χ0) is 17.7. The number of carbonyl (C=O) groups is 3. The first-order valence-corrected chi connectivity index (χ1v) is 7.97. The number of likely N-dealkylation sites (tertiary alicyclic amines) is 1. The summed E-state index contributed by atoms with van der Waals surface area (Å²) in [6.07, 6.45) is 1.56. The van der Waals surface area contributed by atoms with Gasteiger partial charge in [-0.1, -0.05) is 0 Å². The van der Waals surface area contributed by atoms with Crippen molar-refractivity contribution in [3.63, 3.8) is 0 Å². The normalized spacial score (nSPS) is 17.3. The average Bonchev–Trinajstić information content (AvgIpc) is 3.07. The molecule has 132 valence electrons. The zero-order valence-corrected chi connectivity index (χ0v) is 14.3. The summed E-state index contributed by atoms with van der Waals surface area (Å²) in [5.74, 6) is 0.0824. The molecule has 8 heteroatoms. The smallest absolute Gasteiger partial charge is 0.319 e. The molecular weight excluding hydrogens is 312 g/mol. The number of hydrogen-bond donors (Lipinski definition) is 2. The van der Waals surface area contributed by atoms with Crippen molar-refractivity contribution in [1.29, 1.82) is 0 Å². The SMILES string of the molecule is CNC(=O)c1ccc(CNC(=O)C2CCCN(C(=O)N(C)C)C2)o1. The lowest BCUT2D eigenvalue weighted by molar-refractivity contribution is -0.126. The van der Waals surface area contributed by atoms with Crippen molar-refractivity contribution in [2.24, 2.45) is 5.92 Å². The van der Waals surface area contributed by atoms with E-state index >= 15 is 0 Å². The highest BCUT2D eigenvalue weighted by Crippen LogP contribution is 2.18. The van der Waals surface area contributed by atoms with E-state index in [1.807, 2.05) is 0 Å². The van der Waals surface area contributed by atoms with Gasteiger partial charge in [0.05, 0.1) is 12.5 Å². The molecule has 1 unspecified atom stereocenters. The fourth-order valence-electron chi connectivity index (χ4n) is 2.68. The lowest BCUT2D eigenvalue weighted by Crippen LogP contribution is -2.48. The highest BCUT2D eigenvalue weighted by Gasteiger charge is 2.29. The van der Waals surface area contributed by atoms with Crippen LogP contribution in [-0.4, -0.2) is 61.9 Å². The van der Waals surface area contributed by atoms with E-state index in [1.165, 1.54) is 11.9 Å². The predicted molar refractivity (Wildman–Crippen MR) is 87.3 cm³/mol. The third-order valence-corrected chi connectivity index (χ3v) is 3.99.